The molecule has 37 heavy (non-hydrogen) atoms. The van der Waals surface area contributed by atoms with Gasteiger partial charge in [-0.15, -0.1) is 0 Å². The van der Waals surface area contributed by atoms with Crippen molar-refractivity contribution in [2.45, 2.75) is 0 Å². The maximum Gasteiger partial charge on any atom is 0.259 e. The van der Waals surface area contributed by atoms with Crippen molar-refractivity contribution in [3.8, 4) is 11.4 Å². The molecule has 2 amide bonds. The quantitative estimate of drug-likeness (QED) is 0.378. The van der Waals surface area contributed by atoms with Crippen LogP contribution in [0, 0.1) is 0 Å². The van der Waals surface area contributed by atoms with Crippen LogP contribution in [0.25, 0.3) is 44.3 Å². The lowest BCUT2D eigenvalue weighted by atomic mass is 9.95. The number of rotatable bonds is 4. The van der Waals surface area contributed by atoms with Gasteiger partial charge in [0.1, 0.15) is 6.33 Å². The van der Waals surface area contributed by atoms with Gasteiger partial charge in [-0.2, -0.15) is 0 Å². The van der Waals surface area contributed by atoms with Crippen molar-refractivity contribution in [2.75, 3.05) is 0 Å². The SMILES string of the molecule is O=C1NC(=O)C(c2cn(-c3cncnc3)c3ccccc23)=C1c1cn(-c2cccnc2)c2ccccc12. The summed E-state index contributed by atoms with van der Waals surface area (Å²) >= 11 is 0. The minimum Gasteiger partial charge on any atom is -0.314 e. The fraction of sp³-hybridized carbons (Fsp3) is 0. The van der Waals surface area contributed by atoms with E-state index in [-0.39, 0.29) is 0 Å². The van der Waals surface area contributed by atoms with E-state index in [1.54, 1.807) is 24.8 Å². The molecule has 0 unspecified atom stereocenters. The van der Waals surface area contributed by atoms with E-state index in [1.165, 1.54) is 6.33 Å². The van der Waals surface area contributed by atoms with Gasteiger partial charge in [0.15, 0.2) is 0 Å². The van der Waals surface area contributed by atoms with E-state index in [9.17, 15) is 9.59 Å². The lowest BCUT2D eigenvalue weighted by Crippen LogP contribution is -2.22. The Bertz CT molecular complexity index is 1750. The number of nitrogens with one attached hydrogen (secondary N) is 1. The molecule has 5 heterocycles. The standard InChI is InChI=1S/C29H18N6O2/c36-28-26(22-15-34(18-6-5-11-30-12-18)24-9-3-1-7-20(22)24)27(29(37)33-28)23-16-35(19-13-31-17-32-14-19)25-10-4-2-8-21(23)25/h1-17H,(H,33,36,37). The first-order chi connectivity index (χ1) is 18.2. The largest absolute Gasteiger partial charge is 0.314 e. The van der Waals surface area contributed by atoms with E-state index in [0.717, 1.165) is 33.2 Å². The third-order valence-electron chi connectivity index (χ3n) is 6.64. The van der Waals surface area contributed by atoms with Crippen LogP contribution in [0.4, 0.5) is 0 Å². The Morgan fingerprint density at radius 3 is 1.70 bits per heavy atom. The lowest BCUT2D eigenvalue weighted by Gasteiger charge is -2.03. The summed E-state index contributed by atoms with van der Waals surface area (Å²) in [5, 5.41) is 4.25. The Kier molecular flexibility index (Phi) is 4.59. The molecule has 2 aromatic carbocycles. The van der Waals surface area contributed by atoms with Crippen molar-refractivity contribution >= 4 is 44.8 Å². The van der Waals surface area contributed by atoms with Crippen molar-refractivity contribution in [3.05, 3.63) is 115 Å². The number of hydrogen-bond acceptors (Lipinski definition) is 5. The second-order valence-electron chi connectivity index (χ2n) is 8.70. The van der Waals surface area contributed by atoms with Crippen molar-refractivity contribution in [3.63, 3.8) is 0 Å². The topological polar surface area (TPSA) is 94.7 Å². The predicted octanol–water partition coefficient (Wildman–Crippen LogP) is 4.33. The summed E-state index contributed by atoms with van der Waals surface area (Å²) in [5.41, 5.74) is 5.43. The zero-order valence-electron chi connectivity index (χ0n) is 19.4. The molecule has 0 spiro atoms. The van der Waals surface area contributed by atoms with Gasteiger partial charge in [0.05, 0.1) is 52.1 Å². The van der Waals surface area contributed by atoms with Crippen LogP contribution in [-0.2, 0) is 9.59 Å². The number of benzene rings is 2. The summed E-state index contributed by atoms with van der Waals surface area (Å²) < 4.78 is 3.92. The average Bonchev–Trinajstić information content (AvgIpc) is 3.60. The Morgan fingerprint density at radius 2 is 1.14 bits per heavy atom. The summed E-state index contributed by atoms with van der Waals surface area (Å²) in [7, 11) is 0. The highest BCUT2D eigenvalue weighted by molar-refractivity contribution is 6.50. The molecular weight excluding hydrogens is 464 g/mol. The third-order valence-corrected chi connectivity index (χ3v) is 6.64. The molecule has 1 aliphatic heterocycles. The van der Waals surface area contributed by atoms with Crippen LogP contribution in [0.15, 0.2) is 104 Å². The zero-order chi connectivity index (χ0) is 24.9. The number of amides is 2. The normalized spacial score (nSPS) is 13.6. The van der Waals surface area contributed by atoms with E-state index in [1.807, 2.05) is 82.2 Å². The molecule has 1 N–H and O–H groups in total. The van der Waals surface area contributed by atoms with Crippen LogP contribution < -0.4 is 5.32 Å². The summed E-state index contributed by atoms with van der Waals surface area (Å²) in [5.74, 6) is -0.848. The van der Waals surface area contributed by atoms with Crippen molar-refractivity contribution in [2.24, 2.45) is 0 Å². The number of imide groups is 1. The smallest absolute Gasteiger partial charge is 0.259 e. The molecule has 1 aliphatic rings. The van der Waals surface area contributed by atoms with Crippen LogP contribution in [-0.4, -0.2) is 35.9 Å². The Hall–Kier alpha value is -5.37. The highest BCUT2D eigenvalue weighted by atomic mass is 16.2. The minimum absolute atomic E-state index is 0.339. The molecule has 0 radical (unpaired) electrons. The van der Waals surface area contributed by atoms with Crippen LogP contribution in [0.3, 0.4) is 0 Å². The molecule has 0 atom stereocenters. The molecule has 6 aromatic rings. The van der Waals surface area contributed by atoms with E-state index in [4.69, 9.17) is 0 Å². The first-order valence-electron chi connectivity index (χ1n) is 11.7. The predicted molar refractivity (Wildman–Crippen MR) is 140 cm³/mol. The molecule has 7 rings (SSSR count). The highest BCUT2D eigenvalue weighted by Gasteiger charge is 2.35. The summed E-state index contributed by atoms with van der Waals surface area (Å²) in [6.45, 7) is 0. The number of hydrogen-bond donors (Lipinski definition) is 1. The molecule has 8 nitrogen and oxygen atoms in total. The molecule has 0 aliphatic carbocycles. The van der Waals surface area contributed by atoms with Crippen LogP contribution in [0.5, 0.6) is 0 Å². The average molecular weight is 483 g/mol. The monoisotopic (exact) mass is 482 g/mol. The molecule has 4 aromatic heterocycles. The van der Waals surface area contributed by atoms with E-state index in [2.05, 4.69) is 20.3 Å². The molecule has 176 valence electrons. The number of carbonyl (C=O) groups is 2. The first-order valence-corrected chi connectivity index (χ1v) is 11.7. The van der Waals surface area contributed by atoms with Gasteiger partial charge in [0.25, 0.3) is 11.8 Å². The second kappa shape index (κ2) is 8.10. The Balaban J connectivity index is 1.53. The van der Waals surface area contributed by atoms with Crippen LogP contribution in [0.1, 0.15) is 11.1 Å². The fourth-order valence-corrected chi connectivity index (χ4v) is 5.07. The van der Waals surface area contributed by atoms with Gasteiger partial charge in [0, 0.05) is 40.5 Å². The van der Waals surface area contributed by atoms with Gasteiger partial charge in [-0.25, -0.2) is 9.97 Å². The number of para-hydroxylation sites is 2. The molecular formula is C29H18N6O2. The molecule has 8 heteroatoms. The van der Waals surface area contributed by atoms with Crippen molar-refractivity contribution in [1.29, 1.82) is 0 Å². The maximum atomic E-state index is 13.3. The zero-order valence-corrected chi connectivity index (χ0v) is 19.4. The minimum atomic E-state index is -0.426. The fourth-order valence-electron chi connectivity index (χ4n) is 5.07. The van der Waals surface area contributed by atoms with Gasteiger partial charge in [-0.05, 0) is 24.3 Å². The van der Waals surface area contributed by atoms with E-state index < -0.39 is 11.8 Å². The maximum absolute atomic E-state index is 13.3. The molecule has 0 saturated carbocycles. The number of carbonyl (C=O) groups excluding carboxylic acids is 2. The molecule has 0 saturated heterocycles. The summed E-state index contributed by atoms with van der Waals surface area (Å²) in [6.07, 6.45) is 12.1. The summed E-state index contributed by atoms with van der Waals surface area (Å²) in [6, 6.07) is 19.4. The van der Waals surface area contributed by atoms with Crippen molar-refractivity contribution in [1.82, 2.24) is 29.4 Å². The number of aromatic nitrogens is 5. The van der Waals surface area contributed by atoms with E-state index >= 15 is 0 Å². The van der Waals surface area contributed by atoms with Gasteiger partial charge in [-0.1, -0.05) is 36.4 Å². The van der Waals surface area contributed by atoms with Gasteiger partial charge in [-0.3, -0.25) is 19.9 Å². The van der Waals surface area contributed by atoms with Gasteiger partial charge in [0.2, 0.25) is 0 Å². The lowest BCUT2D eigenvalue weighted by molar-refractivity contribution is -0.122. The summed E-state index contributed by atoms with van der Waals surface area (Å²) in [4.78, 5) is 39.2. The Labute approximate surface area is 210 Å². The molecule has 0 bridgehead atoms. The van der Waals surface area contributed by atoms with E-state index in [0.29, 0.717) is 22.3 Å². The highest BCUT2D eigenvalue weighted by Crippen LogP contribution is 2.40. The third kappa shape index (κ3) is 3.20. The first kappa shape index (κ1) is 21.0. The second-order valence-corrected chi connectivity index (χ2v) is 8.70. The van der Waals surface area contributed by atoms with Crippen LogP contribution >= 0.6 is 0 Å². The van der Waals surface area contributed by atoms with Crippen LogP contribution in [0.2, 0.25) is 0 Å². The number of pyridine rings is 1. The number of fused-ring (bicyclic) bond motifs is 2. The Morgan fingerprint density at radius 1 is 0.595 bits per heavy atom. The van der Waals surface area contributed by atoms with Gasteiger partial charge < -0.3 is 9.13 Å². The van der Waals surface area contributed by atoms with Gasteiger partial charge >= 0.3 is 0 Å². The number of nitrogens with zero attached hydrogens (tertiary/aromatic N) is 5. The van der Waals surface area contributed by atoms with Crippen molar-refractivity contribution < 1.29 is 9.59 Å². The molecule has 0 fully saturated rings.